The number of hydrogen-bond donors (Lipinski definition) is 2. The Morgan fingerprint density at radius 3 is 2.25 bits per heavy atom. The number of benzene rings is 1. The molecular formula is C12H14N2O2. The third-order valence-electron chi connectivity index (χ3n) is 2.51. The van der Waals surface area contributed by atoms with Gasteiger partial charge in [-0.15, -0.1) is 0 Å². The fourth-order valence-corrected chi connectivity index (χ4v) is 1.61. The Bertz CT molecular complexity index is 453. The SMILES string of the molecule is Cn1cc(C(O)C(O)c2ccccc2)cn1. The standard InChI is InChI=1S/C12H14N2O2/c1-14-8-10(7-13-14)12(16)11(15)9-5-3-2-4-6-9/h2-8,11-12,15-16H,1H3. The van der Waals surface area contributed by atoms with Crippen LogP contribution in [0.3, 0.4) is 0 Å². The minimum Gasteiger partial charge on any atom is -0.385 e. The molecule has 0 amide bonds. The molecule has 0 bridgehead atoms. The van der Waals surface area contributed by atoms with Crippen LogP contribution in [0, 0.1) is 0 Å². The van der Waals surface area contributed by atoms with E-state index in [1.165, 1.54) is 0 Å². The topological polar surface area (TPSA) is 58.3 Å². The van der Waals surface area contributed by atoms with E-state index < -0.39 is 12.2 Å². The third-order valence-corrected chi connectivity index (χ3v) is 2.51. The van der Waals surface area contributed by atoms with E-state index in [4.69, 9.17) is 0 Å². The van der Waals surface area contributed by atoms with E-state index in [-0.39, 0.29) is 0 Å². The Kier molecular flexibility index (Phi) is 3.03. The van der Waals surface area contributed by atoms with E-state index in [2.05, 4.69) is 5.10 Å². The van der Waals surface area contributed by atoms with Crippen LogP contribution in [0.2, 0.25) is 0 Å². The highest BCUT2D eigenvalue weighted by Crippen LogP contribution is 2.27. The maximum atomic E-state index is 9.96. The van der Waals surface area contributed by atoms with Gasteiger partial charge in [0.25, 0.3) is 0 Å². The van der Waals surface area contributed by atoms with Gasteiger partial charge < -0.3 is 10.2 Å². The second kappa shape index (κ2) is 4.47. The van der Waals surface area contributed by atoms with Gasteiger partial charge in [-0.3, -0.25) is 4.68 Å². The average molecular weight is 218 g/mol. The first-order chi connectivity index (χ1) is 7.68. The summed E-state index contributed by atoms with van der Waals surface area (Å²) < 4.78 is 1.59. The van der Waals surface area contributed by atoms with E-state index in [0.717, 1.165) is 0 Å². The molecule has 0 spiro atoms. The molecule has 4 nitrogen and oxygen atoms in total. The van der Waals surface area contributed by atoms with Crippen LogP contribution in [-0.4, -0.2) is 20.0 Å². The lowest BCUT2D eigenvalue weighted by Crippen LogP contribution is -2.09. The first kappa shape index (κ1) is 10.9. The fraction of sp³-hybridized carbons (Fsp3) is 0.250. The van der Waals surface area contributed by atoms with Crippen LogP contribution < -0.4 is 0 Å². The van der Waals surface area contributed by atoms with E-state index >= 15 is 0 Å². The van der Waals surface area contributed by atoms with Crippen LogP contribution in [0.25, 0.3) is 0 Å². The van der Waals surface area contributed by atoms with E-state index in [0.29, 0.717) is 11.1 Å². The molecule has 4 heteroatoms. The first-order valence-electron chi connectivity index (χ1n) is 5.08. The molecule has 0 saturated carbocycles. The summed E-state index contributed by atoms with van der Waals surface area (Å²) in [7, 11) is 1.77. The lowest BCUT2D eigenvalue weighted by Gasteiger charge is -2.16. The molecule has 1 aromatic heterocycles. The molecule has 0 aliphatic carbocycles. The predicted molar refractivity (Wildman–Crippen MR) is 59.6 cm³/mol. The number of aliphatic hydroxyl groups is 2. The Hall–Kier alpha value is -1.65. The largest absolute Gasteiger partial charge is 0.385 e. The van der Waals surface area contributed by atoms with Crippen molar-refractivity contribution in [1.29, 1.82) is 0 Å². The van der Waals surface area contributed by atoms with Crippen molar-refractivity contribution >= 4 is 0 Å². The molecule has 16 heavy (non-hydrogen) atoms. The Labute approximate surface area is 93.8 Å². The van der Waals surface area contributed by atoms with Crippen molar-refractivity contribution in [2.24, 2.45) is 7.05 Å². The molecule has 0 saturated heterocycles. The lowest BCUT2D eigenvalue weighted by atomic mass is 10.0. The summed E-state index contributed by atoms with van der Waals surface area (Å²) >= 11 is 0. The summed E-state index contributed by atoms with van der Waals surface area (Å²) in [5.41, 5.74) is 1.30. The summed E-state index contributed by atoms with van der Waals surface area (Å²) in [4.78, 5) is 0. The maximum Gasteiger partial charge on any atom is 0.112 e. The van der Waals surface area contributed by atoms with E-state index in [9.17, 15) is 10.2 Å². The van der Waals surface area contributed by atoms with Gasteiger partial charge in [-0.25, -0.2) is 0 Å². The van der Waals surface area contributed by atoms with Gasteiger partial charge in [0.15, 0.2) is 0 Å². The number of aryl methyl sites for hydroxylation is 1. The minimum atomic E-state index is -0.948. The second-order valence-electron chi connectivity index (χ2n) is 3.75. The molecule has 0 fully saturated rings. The van der Waals surface area contributed by atoms with Crippen molar-refractivity contribution in [3.8, 4) is 0 Å². The predicted octanol–water partition coefficient (Wildman–Crippen LogP) is 1.19. The molecule has 2 N–H and O–H groups in total. The van der Waals surface area contributed by atoms with Gasteiger partial charge in [0.1, 0.15) is 12.2 Å². The number of aliphatic hydroxyl groups excluding tert-OH is 2. The highest BCUT2D eigenvalue weighted by atomic mass is 16.3. The van der Waals surface area contributed by atoms with Gasteiger partial charge in [0, 0.05) is 18.8 Å². The minimum absolute atomic E-state index is 0.610. The number of rotatable bonds is 3. The fourth-order valence-electron chi connectivity index (χ4n) is 1.61. The van der Waals surface area contributed by atoms with E-state index in [1.807, 2.05) is 18.2 Å². The van der Waals surface area contributed by atoms with Crippen LogP contribution in [-0.2, 0) is 7.05 Å². The van der Waals surface area contributed by atoms with Crippen molar-refractivity contribution < 1.29 is 10.2 Å². The molecule has 0 aliphatic heterocycles. The normalized spacial score (nSPS) is 14.7. The molecular weight excluding hydrogens is 204 g/mol. The maximum absolute atomic E-state index is 9.96. The van der Waals surface area contributed by atoms with Crippen molar-refractivity contribution in [2.75, 3.05) is 0 Å². The summed E-state index contributed by atoms with van der Waals surface area (Å²) in [5.74, 6) is 0. The molecule has 2 unspecified atom stereocenters. The average Bonchev–Trinajstić information content (AvgIpc) is 2.75. The van der Waals surface area contributed by atoms with Gasteiger partial charge in [-0.05, 0) is 5.56 Å². The molecule has 1 aromatic carbocycles. The zero-order chi connectivity index (χ0) is 11.5. The van der Waals surface area contributed by atoms with Crippen molar-refractivity contribution in [2.45, 2.75) is 12.2 Å². The Morgan fingerprint density at radius 2 is 1.69 bits per heavy atom. The second-order valence-corrected chi connectivity index (χ2v) is 3.75. The molecule has 2 aromatic rings. The van der Waals surface area contributed by atoms with Crippen LogP contribution >= 0.6 is 0 Å². The summed E-state index contributed by atoms with van der Waals surface area (Å²) in [5, 5.41) is 23.9. The van der Waals surface area contributed by atoms with Gasteiger partial charge in [0.05, 0.1) is 6.20 Å². The third kappa shape index (κ3) is 2.13. The van der Waals surface area contributed by atoms with Crippen LogP contribution in [0.4, 0.5) is 0 Å². The van der Waals surface area contributed by atoms with Gasteiger partial charge >= 0.3 is 0 Å². The van der Waals surface area contributed by atoms with Crippen molar-refractivity contribution in [3.05, 3.63) is 53.9 Å². The highest BCUT2D eigenvalue weighted by molar-refractivity contribution is 5.21. The van der Waals surface area contributed by atoms with Gasteiger partial charge in [-0.1, -0.05) is 30.3 Å². The van der Waals surface area contributed by atoms with Crippen LogP contribution in [0.5, 0.6) is 0 Å². The first-order valence-corrected chi connectivity index (χ1v) is 5.08. The van der Waals surface area contributed by atoms with E-state index in [1.54, 1.807) is 36.3 Å². The molecule has 84 valence electrons. The molecule has 2 atom stereocenters. The summed E-state index contributed by atoms with van der Waals surface area (Å²) in [6.45, 7) is 0. The molecule has 1 heterocycles. The van der Waals surface area contributed by atoms with Gasteiger partial charge in [-0.2, -0.15) is 5.10 Å². The lowest BCUT2D eigenvalue weighted by molar-refractivity contribution is 0.0172. The number of nitrogens with zero attached hydrogens (tertiary/aromatic N) is 2. The quantitative estimate of drug-likeness (QED) is 0.813. The summed E-state index contributed by atoms with van der Waals surface area (Å²) in [6, 6.07) is 9.09. The highest BCUT2D eigenvalue weighted by Gasteiger charge is 2.20. The van der Waals surface area contributed by atoms with Crippen molar-refractivity contribution in [3.63, 3.8) is 0 Å². The Morgan fingerprint density at radius 1 is 1.06 bits per heavy atom. The Balaban J connectivity index is 2.19. The zero-order valence-electron chi connectivity index (χ0n) is 8.99. The number of hydrogen-bond acceptors (Lipinski definition) is 3. The zero-order valence-corrected chi connectivity index (χ0v) is 8.99. The number of aromatic nitrogens is 2. The molecule has 0 radical (unpaired) electrons. The summed E-state index contributed by atoms with van der Waals surface area (Å²) in [6.07, 6.45) is 1.37. The van der Waals surface area contributed by atoms with Crippen molar-refractivity contribution in [1.82, 2.24) is 9.78 Å². The molecule has 0 aliphatic rings. The monoisotopic (exact) mass is 218 g/mol. The van der Waals surface area contributed by atoms with Crippen LogP contribution in [0.15, 0.2) is 42.7 Å². The molecule has 2 rings (SSSR count). The van der Waals surface area contributed by atoms with Crippen LogP contribution in [0.1, 0.15) is 23.3 Å². The van der Waals surface area contributed by atoms with Gasteiger partial charge in [0.2, 0.25) is 0 Å². The smallest absolute Gasteiger partial charge is 0.112 e.